The van der Waals surface area contributed by atoms with Crippen molar-refractivity contribution in [2.45, 2.75) is 128 Å². The lowest BCUT2D eigenvalue weighted by atomic mass is 9.74. The van der Waals surface area contributed by atoms with Crippen molar-refractivity contribution >= 4 is 17.9 Å². The zero-order valence-electron chi connectivity index (χ0n) is 30.9. The van der Waals surface area contributed by atoms with Crippen LogP contribution in [-0.4, -0.2) is 36.8 Å². The number of hydrogen-bond donors (Lipinski definition) is 0. The Balaban J connectivity index is 1.49. The molecule has 10 heteroatoms. The molecule has 4 atom stereocenters. The molecule has 4 rings (SSSR count). The minimum absolute atomic E-state index is 0.199. The third-order valence-electron chi connectivity index (χ3n) is 9.62. The number of carbonyl (C=O) groups is 3. The summed E-state index contributed by atoms with van der Waals surface area (Å²) in [7, 11) is 0. The first-order valence-electron chi connectivity index (χ1n) is 19.2. The predicted molar refractivity (Wildman–Crippen MR) is 197 cm³/mol. The van der Waals surface area contributed by atoms with Gasteiger partial charge in [-0.05, 0) is 73.2 Å². The van der Waals surface area contributed by atoms with Gasteiger partial charge in [0, 0.05) is 0 Å². The second kappa shape index (κ2) is 21.4. The van der Waals surface area contributed by atoms with Crippen molar-refractivity contribution in [1.82, 2.24) is 0 Å². The standard InChI is InChI=1S/C43H53F3O7/c1-3-5-7-9-10-11-12-19-29-50-32-25-27-33(28-26-32)51-42(49)37-30-36(41(48)52-38(43(44,45)46)24-16-8-6-4-2)34-22-17-18-23-35(34)39(37)53-40(47)31-20-14-13-15-21-31/h13-15,17-18,20-23,25-28,36-39H,3-12,16,19,24,29-30H2,1-2H3/t36?,37?,38-,39?/m1/s1. The summed E-state index contributed by atoms with van der Waals surface area (Å²) in [5.41, 5.74) is 0.901. The molecule has 0 saturated heterocycles. The maximum atomic E-state index is 14.0. The van der Waals surface area contributed by atoms with Crippen LogP contribution in [0.3, 0.4) is 0 Å². The van der Waals surface area contributed by atoms with E-state index in [1.54, 1.807) is 78.9 Å². The fraction of sp³-hybridized carbons (Fsp3) is 0.512. The van der Waals surface area contributed by atoms with Crippen LogP contribution in [0.1, 0.15) is 137 Å². The number of halogens is 3. The minimum atomic E-state index is -4.76. The van der Waals surface area contributed by atoms with Crippen LogP contribution in [0.5, 0.6) is 11.5 Å². The Bertz CT molecular complexity index is 1560. The van der Waals surface area contributed by atoms with Crippen molar-refractivity contribution in [3.05, 3.63) is 95.6 Å². The lowest BCUT2D eigenvalue weighted by Gasteiger charge is -2.36. The monoisotopic (exact) mass is 738 g/mol. The third kappa shape index (κ3) is 12.9. The highest BCUT2D eigenvalue weighted by molar-refractivity contribution is 5.90. The summed E-state index contributed by atoms with van der Waals surface area (Å²) in [5, 5.41) is 0. The van der Waals surface area contributed by atoms with Crippen molar-refractivity contribution in [2.75, 3.05) is 6.61 Å². The van der Waals surface area contributed by atoms with Gasteiger partial charge in [0.25, 0.3) is 0 Å². The molecule has 0 bridgehead atoms. The first kappa shape index (κ1) is 41.4. The van der Waals surface area contributed by atoms with Gasteiger partial charge in [0.1, 0.15) is 17.6 Å². The smallest absolute Gasteiger partial charge is 0.425 e. The van der Waals surface area contributed by atoms with Crippen LogP contribution in [0.25, 0.3) is 0 Å². The molecule has 3 aromatic rings. The topological polar surface area (TPSA) is 88.1 Å². The molecule has 7 nitrogen and oxygen atoms in total. The van der Waals surface area contributed by atoms with Gasteiger partial charge in [-0.2, -0.15) is 13.2 Å². The van der Waals surface area contributed by atoms with Crippen molar-refractivity contribution in [1.29, 1.82) is 0 Å². The van der Waals surface area contributed by atoms with E-state index >= 15 is 0 Å². The van der Waals surface area contributed by atoms with E-state index in [4.69, 9.17) is 18.9 Å². The van der Waals surface area contributed by atoms with Crippen LogP contribution in [0.2, 0.25) is 0 Å². The summed E-state index contributed by atoms with van der Waals surface area (Å²) in [6.45, 7) is 4.73. The van der Waals surface area contributed by atoms with Gasteiger partial charge in [0.15, 0.2) is 6.10 Å². The zero-order chi connectivity index (χ0) is 38.1. The molecule has 0 spiro atoms. The molecule has 288 valence electrons. The van der Waals surface area contributed by atoms with Crippen molar-refractivity contribution in [2.24, 2.45) is 5.92 Å². The quantitative estimate of drug-likeness (QED) is 0.0611. The molecule has 1 aliphatic rings. The molecule has 0 amide bonds. The maximum Gasteiger partial charge on any atom is 0.425 e. The molecule has 0 radical (unpaired) electrons. The molecule has 0 aromatic heterocycles. The summed E-state index contributed by atoms with van der Waals surface area (Å²) in [5.74, 6) is -4.26. The molecule has 0 fully saturated rings. The van der Waals surface area contributed by atoms with Crippen LogP contribution in [0.15, 0.2) is 78.9 Å². The molecule has 0 aliphatic heterocycles. The highest BCUT2D eigenvalue weighted by atomic mass is 19.4. The fourth-order valence-electron chi connectivity index (χ4n) is 6.64. The first-order chi connectivity index (χ1) is 25.6. The van der Waals surface area contributed by atoms with E-state index in [1.165, 1.54) is 38.5 Å². The molecule has 0 saturated carbocycles. The zero-order valence-corrected chi connectivity index (χ0v) is 30.9. The fourth-order valence-corrected chi connectivity index (χ4v) is 6.64. The normalized spacial score (nSPS) is 17.3. The molecule has 1 aliphatic carbocycles. The summed E-state index contributed by atoms with van der Waals surface area (Å²) in [6, 6.07) is 21.2. The lowest BCUT2D eigenvalue weighted by molar-refractivity contribution is -0.224. The van der Waals surface area contributed by atoms with E-state index < -0.39 is 48.1 Å². The van der Waals surface area contributed by atoms with Crippen molar-refractivity contribution < 1.29 is 46.5 Å². The number of esters is 3. The van der Waals surface area contributed by atoms with Gasteiger partial charge in [0.05, 0.1) is 24.0 Å². The molecule has 3 unspecified atom stereocenters. The van der Waals surface area contributed by atoms with Crippen molar-refractivity contribution in [3.8, 4) is 11.5 Å². The molecule has 0 N–H and O–H groups in total. The third-order valence-corrected chi connectivity index (χ3v) is 9.62. The highest BCUT2D eigenvalue weighted by Gasteiger charge is 2.48. The molecule has 0 heterocycles. The number of fused-ring (bicyclic) bond motifs is 1. The Kier molecular flexibility index (Phi) is 16.7. The number of hydrogen-bond acceptors (Lipinski definition) is 7. The Morgan fingerprint density at radius 1 is 0.679 bits per heavy atom. The SMILES string of the molecule is CCCCCCCCCCOc1ccc(OC(=O)C2CC(C(=O)O[C@H](CCCCCC)C(F)(F)F)c3ccccc3C2OC(=O)c2ccccc2)cc1. The number of carbonyl (C=O) groups excluding carboxylic acids is 3. The van der Waals surface area contributed by atoms with Gasteiger partial charge in [-0.1, -0.05) is 121 Å². The van der Waals surface area contributed by atoms with Crippen molar-refractivity contribution in [3.63, 3.8) is 0 Å². The van der Waals surface area contributed by atoms with Crippen LogP contribution in [0.4, 0.5) is 13.2 Å². The average Bonchev–Trinajstić information content (AvgIpc) is 3.15. The van der Waals surface area contributed by atoms with E-state index in [0.717, 1.165) is 25.7 Å². The van der Waals surface area contributed by atoms with Gasteiger partial charge >= 0.3 is 24.1 Å². The molecular formula is C43H53F3O7. The van der Waals surface area contributed by atoms with E-state index in [2.05, 4.69) is 6.92 Å². The van der Waals surface area contributed by atoms with Gasteiger partial charge in [-0.3, -0.25) is 9.59 Å². The van der Waals surface area contributed by atoms with Crippen LogP contribution in [0, 0.1) is 5.92 Å². The molecule has 53 heavy (non-hydrogen) atoms. The van der Waals surface area contributed by atoms with Crippen LogP contribution < -0.4 is 9.47 Å². The number of rotatable bonds is 21. The molecule has 3 aromatic carbocycles. The summed E-state index contributed by atoms with van der Waals surface area (Å²) >= 11 is 0. The number of ether oxygens (including phenoxy) is 4. The average molecular weight is 739 g/mol. The lowest BCUT2D eigenvalue weighted by Crippen LogP contribution is -2.40. The number of alkyl halides is 3. The van der Waals surface area contributed by atoms with E-state index in [1.807, 2.05) is 6.92 Å². The van der Waals surface area contributed by atoms with E-state index in [0.29, 0.717) is 29.9 Å². The van der Waals surface area contributed by atoms with Crippen LogP contribution in [-0.2, 0) is 19.1 Å². The molecular weight excluding hydrogens is 685 g/mol. The van der Waals surface area contributed by atoms with Gasteiger partial charge < -0.3 is 18.9 Å². The Hall–Kier alpha value is -4.34. The summed E-state index contributed by atoms with van der Waals surface area (Å²) in [4.78, 5) is 40.8. The maximum absolute atomic E-state index is 14.0. The Morgan fingerprint density at radius 2 is 1.25 bits per heavy atom. The minimum Gasteiger partial charge on any atom is -0.494 e. The number of unbranched alkanes of at least 4 members (excludes halogenated alkanes) is 10. The largest absolute Gasteiger partial charge is 0.494 e. The first-order valence-corrected chi connectivity index (χ1v) is 19.2. The van der Waals surface area contributed by atoms with Gasteiger partial charge in [0.2, 0.25) is 0 Å². The highest BCUT2D eigenvalue weighted by Crippen LogP contribution is 2.45. The number of benzene rings is 3. The predicted octanol–water partition coefficient (Wildman–Crippen LogP) is 11.3. The van der Waals surface area contributed by atoms with E-state index in [9.17, 15) is 27.6 Å². The van der Waals surface area contributed by atoms with Crippen LogP contribution >= 0.6 is 0 Å². The van der Waals surface area contributed by atoms with E-state index in [-0.39, 0.29) is 30.6 Å². The van der Waals surface area contributed by atoms with Gasteiger partial charge in [-0.15, -0.1) is 0 Å². The van der Waals surface area contributed by atoms with Gasteiger partial charge in [-0.25, -0.2) is 4.79 Å². The Morgan fingerprint density at radius 3 is 1.89 bits per heavy atom. The Labute approximate surface area is 311 Å². The summed E-state index contributed by atoms with van der Waals surface area (Å²) < 4.78 is 64.9. The summed E-state index contributed by atoms with van der Waals surface area (Å²) in [6.07, 6.45) is 3.08. The second-order valence-electron chi connectivity index (χ2n) is 13.7. The second-order valence-corrected chi connectivity index (χ2v) is 13.7.